The Kier molecular flexibility index (Phi) is 7.09. The minimum Gasteiger partial charge on any atom is -0.379 e. The number of likely N-dealkylation sites (tertiary alicyclic amines) is 1. The Labute approximate surface area is 155 Å². The van der Waals surface area contributed by atoms with Crippen LogP contribution in [0.15, 0.2) is 17.4 Å². The third-order valence-corrected chi connectivity index (χ3v) is 4.56. The Morgan fingerprint density at radius 1 is 1.39 bits per heavy atom. The molecule has 0 spiro atoms. The highest BCUT2D eigenvalue weighted by Crippen LogP contribution is 2.17. The summed E-state index contributed by atoms with van der Waals surface area (Å²) >= 11 is 0. The molecule has 0 aromatic carbocycles. The minimum atomic E-state index is 0. The number of aliphatic imine (C=N–C) groups is 1. The molecule has 0 saturated carbocycles. The summed E-state index contributed by atoms with van der Waals surface area (Å²) in [6.07, 6.45) is 4.98. The molecule has 1 atom stereocenters. The van der Waals surface area contributed by atoms with Crippen molar-refractivity contribution in [2.45, 2.75) is 19.0 Å². The van der Waals surface area contributed by atoms with Gasteiger partial charge in [0, 0.05) is 58.7 Å². The highest BCUT2D eigenvalue weighted by molar-refractivity contribution is 14.0. The van der Waals surface area contributed by atoms with E-state index in [4.69, 9.17) is 4.74 Å². The molecule has 0 amide bonds. The number of guanidine groups is 1. The van der Waals surface area contributed by atoms with Crippen LogP contribution in [0.25, 0.3) is 0 Å². The fraction of sp³-hybridized carbons (Fsp3) is 0.733. The zero-order valence-corrected chi connectivity index (χ0v) is 16.3. The van der Waals surface area contributed by atoms with Crippen LogP contribution >= 0.6 is 24.0 Å². The van der Waals surface area contributed by atoms with E-state index < -0.39 is 0 Å². The summed E-state index contributed by atoms with van der Waals surface area (Å²) in [4.78, 5) is 13.7. The summed E-state index contributed by atoms with van der Waals surface area (Å²) in [6, 6.07) is 0.621. The molecule has 3 rings (SSSR count). The first-order valence-electron chi connectivity index (χ1n) is 8.01. The van der Waals surface area contributed by atoms with Crippen LogP contribution in [0.5, 0.6) is 0 Å². The Hall–Kier alpha value is -0.870. The number of nitrogens with one attached hydrogen (secondary N) is 1. The first-order valence-corrected chi connectivity index (χ1v) is 8.01. The standard InChI is InChI=1S/C15H26N6O.HI/c1-16-15(18-11-14-17-4-6-19(14)2)21-5-3-13(12-21)20-7-9-22-10-8-20;/h4,6,13H,3,5,7-12H2,1-2H3,(H,16,18);1H. The number of ether oxygens (including phenoxy) is 1. The molecule has 8 heteroatoms. The van der Waals surface area contributed by atoms with Gasteiger partial charge in [-0.2, -0.15) is 0 Å². The van der Waals surface area contributed by atoms with Crippen LogP contribution in [-0.4, -0.2) is 77.8 Å². The van der Waals surface area contributed by atoms with E-state index in [1.54, 1.807) is 0 Å². The molecule has 0 radical (unpaired) electrons. The summed E-state index contributed by atoms with van der Waals surface area (Å²) in [7, 11) is 3.86. The molecule has 3 heterocycles. The van der Waals surface area contributed by atoms with Crippen LogP contribution in [0.3, 0.4) is 0 Å². The van der Waals surface area contributed by atoms with Gasteiger partial charge >= 0.3 is 0 Å². The van der Waals surface area contributed by atoms with Crippen molar-refractivity contribution < 1.29 is 4.74 Å². The van der Waals surface area contributed by atoms with Crippen molar-refractivity contribution >= 4 is 29.9 Å². The number of morpholine rings is 1. The molecule has 2 aliphatic heterocycles. The lowest BCUT2D eigenvalue weighted by Crippen LogP contribution is -2.46. The van der Waals surface area contributed by atoms with Gasteiger partial charge in [0.05, 0.1) is 19.8 Å². The number of imidazole rings is 1. The number of aryl methyl sites for hydroxylation is 1. The normalized spacial score (nSPS) is 23.0. The minimum absolute atomic E-state index is 0. The van der Waals surface area contributed by atoms with Gasteiger partial charge in [-0.05, 0) is 6.42 Å². The van der Waals surface area contributed by atoms with Crippen molar-refractivity contribution in [1.29, 1.82) is 0 Å². The maximum absolute atomic E-state index is 5.45. The predicted molar refractivity (Wildman–Crippen MR) is 101 cm³/mol. The smallest absolute Gasteiger partial charge is 0.194 e. The predicted octanol–water partition coefficient (Wildman–Crippen LogP) is 0.520. The number of halogens is 1. The van der Waals surface area contributed by atoms with Gasteiger partial charge in [0.1, 0.15) is 5.82 Å². The largest absolute Gasteiger partial charge is 0.379 e. The third-order valence-electron chi connectivity index (χ3n) is 4.56. The number of nitrogens with zero attached hydrogens (tertiary/aromatic N) is 5. The SMILES string of the molecule is CN=C(NCc1nccn1C)N1CCC(N2CCOCC2)C1.I. The highest BCUT2D eigenvalue weighted by Gasteiger charge is 2.30. The van der Waals surface area contributed by atoms with Crippen LogP contribution in [-0.2, 0) is 18.3 Å². The summed E-state index contributed by atoms with van der Waals surface area (Å²) in [5.41, 5.74) is 0. The zero-order valence-electron chi connectivity index (χ0n) is 13.9. The molecular weight excluding hydrogens is 407 g/mol. The number of hydrogen-bond donors (Lipinski definition) is 1. The number of rotatable bonds is 3. The zero-order chi connectivity index (χ0) is 15.4. The van der Waals surface area contributed by atoms with Gasteiger partial charge in [-0.3, -0.25) is 9.89 Å². The average molecular weight is 434 g/mol. The van der Waals surface area contributed by atoms with Crippen LogP contribution in [0, 0.1) is 0 Å². The summed E-state index contributed by atoms with van der Waals surface area (Å²) < 4.78 is 7.47. The van der Waals surface area contributed by atoms with E-state index in [1.807, 2.05) is 31.1 Å². The number of aromatic nitrogens is 2. The molecule has 0 aliphatic carbocycles. The monoisotopic (exact) mass is 434 g/mol. The van der Waals surface area contributed by atoms with Crippen molar-refractivity contribution in [1.82, 2.24) is 24.7 Å². The van der Waals surface area contributed by atoms with Gasteiger partial charge in [-0.15, -0.1) is 24.0 Å². The molecular formula is C15H27IN6O. The lowest BCUT2D eigenvalue weighted by Gasteiger charge is -2.32. The first-order chi connectivity index (χ1) is 10.8. The summed E-state index contributed by atoms with van der Waals surface area (Å²) in [5, 5.41) is 3.43. The van der Waals surface area contributed by atoms with E-state index in [0.717, 1.165) is 51.2 Å². The lowest BCUT2D eigenvalue weighted by molar-refractivity contribution is 0.0195. The Morgan fingerprint density at radius 3 is 2.83 bits per heavy atom. The second kappa shape index (κ2) is 8.84. The van der Waals surface area contributed by atoms with Crippen molar-refractivity contribution in [3.63, 3.8) is 0 Å². The maximum Gasteiger partial charge on any atom is 0.194 e. The quantitative estimate of drug-likeness (QED) is 0.427. The van der Waals surface area contributed by atoms with E-state index in [1.165, 1.54) is 6.42 Å². The summed E-state index contributed by atoms with van der Waals surface area (Å²) in [6.45, 7) is 6.64. The van der Waals surface area contributed by atoms with E-state index in [-0.39, 0.29) is 24.0 Å². The van der Waals surface area contributed by atoms with Crippen LogP contribution in [0.2, 0.25) is 0 Å². The lowest BCUT2D eigenvalue weighted by atomic mass is 10.2. The second-order valence-electron chi connectivity index (χ2n) is 5.89. The molecule has 2 fully saturated rings. The molecule has 2 saturated heterocycles. The third kappa shape index (κ3) is 4.57. The molecule has 0 bridgehead atoms. The van der Waals surface area contributed by atoms with Gasteiger partial charge in [0.25, 0.3) is 0 Å². The van der Waals surface area contributed by atoms with Crippen molar-refractivity contribution in [2.75, 3.05) is 46.4 Å². The van der Waals surface area contributed by atoms with Gasteiger partial charge in [0.15, 0.2) is 5.96 Å². The van der Waals surface area contributed by atoms with E-state index >= 15 is 0 Å². The van der Waals surface area contributed by atoms with Crippen molar-refractivity contribution in [3.8, 4) is 0 Å². The molecule has 1 aromatic heterocycles. The molecule has 23 heavy (non-hydrogen) atoms. The van der Waals surface area contributed by atoms with E-state index in [9.17, 15) is 0 Å². The Balaban J connectivity index is 0.00000192. The molecule has 130 valence electrons. The molecule has 1 aromatic rings. The highest BCUT2D eigenvalue weighted by atomic mass is 127. The molecule has 1 unspecified atom stereocenters. The van der Waals surface area contributed by atoms with Crippen molar-refractivity contribution in [3.05, 3.63) is 18.2 Å². The van der Waals surface area contributed by atoms with Crippen LogP contribution in [0.4, 0.5) is 0 Å². The van der Waals surface area contributed by atoms with E-state index in [0.29, 0.717) is 12.6 Å². The first kappa shape index (κ1) is 18.5. The second-order valence-corrected chi connectivity index (χ2v) is 5.89. The number of hydrogen-bond acceptors (Lipinski definition) is 4. The van der Waals surface area contributed by atoms with Crippen molar-refractivity contribution in [2.24, 2.45) is 12.0 Å². The van der Waals surface area contributed by atoms with Crippen LogP contribution < -0.4 is 5.32 Å². The Bertz CT molecular complexity index is 514. The van der Waals surface area contributed by atoms with Gasteiger partial charge < -0.3 is 19.5 Å². The van der Waals surface area contributed by atoms with Gasteiger partial charge in [-0.25, -0.2) is 4.98 Å². The average Bonchev–Trinajstić information content (AvgIpc) is 3.19. The fourth-order valence-corrected chi connectivity index (χ4v) is 3.23. The molecule has 1 N–H and O–H groups in total. The maximum atomic E-state index is 5.45. The molecule has 7 nitrogen and oxygen atoms in total. The van der Waals surface area contributed by atoms with Crippen LogP contribution in [0.1, 0.15) is 12.2 Å². The Morgan fingerprint density at radius 2 is 2.17 bits per heavy atom. The van der Waals surface area contributed by atoms with Gasteiger partial charge in [0.2, 0.25) is 0 Å². The summed E-state index contributed by atoms with van der Waals surface area (Å²) in [5.74, 6) is 1.99. The van der Waals surface area contributed by atoms with Gasteiger partial charge in [-0.1, -0.05) is 0 Å². The molecule has 2 aliphatic rings. The van der Waals surface area contributed by atoms with E-state index in [2.05, 4.69) is 25.1 Å². The fourth-order valence-electron chi connectivity index (χ4n) is 3.23. The topological polar surface area (TPSA) is 57.9 Å².